The lowest BCUT2D eigenvalue weighted by atomic mass is 9.97. The second-order valence-corrected chi connectivity index (χ2v) is 5.44. The Kier molecular flexibility index (Phi) is 2.99. The maximum absolute atomic E-state index is 9.41. The molecule has 1 saturated heterocycles. The van der Waals surface area contributed by atoms with Crippen molar-refractivity contribution in [2.24, 2.45) is 0 Å². The third-order valence-electron chi connectivity index (χ3n) is 2.72. The van der Waals surface area contributed by atoms with Crippen LogP contribution in [-0.2, 0) is 12.0 Å². The first-order chi connectivity index (χ1) is 7.45. The summed E-state index contributed by atoms with van der Waals surface area (Å²) in [7, 11) is 0. The van der Waals surface area contributed by atoms with Gasteiger partial charge < -0.3 is 9.63 Å². The topological polar surface area (TPSA) is 62.4 Å². The molecule has 0 spiro atoms. The molecule has 0 amide bonds. The molecule has 0 bridgehead atoms. The van der Waals surface area contributed by atoms with Crippen LogP contribution in [0.25, 0.3) is 0 Å². The van der Waals surface area contributed by atoms with Crippen LogP contribution in [0.15, 0.2) is 4.52 Å². The van der Waals surface area contributed by atoms with Gasteiger partial charge in [-0.05, 0) is 6.42 Å². The van der Waals surface area contributed by atoms with E-state index in [0.717, 1.165) is 13.0 Å². The van der Waals surface area contributed by atoms with Crippen molar-refractivity contribution in [3.05, 3.63) is 11.7 Å². The lowest BCUT2D eigenvalue weighted by molar-refractivity contribution is 0.173. The Labute approximate surface area is 95.4 Å². The molecule has 5 heteroatoms. The average Bonchev–Trinajstić information content (AvgIpc) is 2.74. The van der Waals surface area contributed by atoms with E-state index in [9.17, 15) is 5.11 Å². The van der Waals surface area contributed by atoms with Crippen molar-refractivity contribution >= 4 is 0 Å². The minimum absolute atomic E-state index is 0.101. The van der Waals surface area contributed by atoms with Crippen LogP contribution in [0, 0.1) is 0 Å². The molecule has 1 atom stereocenters. The molecular formula is C11H19N3O2. The molecule has 2 rings (SSSR count). The molecule has 2 heterocycles. The molecule has 90 valence electrons. The van der Waals surface area contributed by atoms with Crippen molar-refractivity contribution in [3.8, 4) is 0 Å². The third kappa shape index (κ3) is 2.59. The maximum atomic E-state index is 9.41. The second kappa shape index (κ2) is 4.14. The van der Waals surface area contributed by atoms with Crippen LogP contribution in [0.5, 0.6) is 0 Å². The maximum Gasteiger partial charge on any atom is 0.232 e. The lowest BCUT2D eigenvalue weighted by Crippen LogP contribution is -2.22. The molecule has 1 fully saturated rings. The Morgan fingerprint density at radius 1 is 1.50 bits per heavy atom. The number of β-amino-alcohol motifs (C(OH)–C–C–N with tert-alkyl or cyclic N) is 1. The van der Waals surface area contributed by atoms with Gasteiger partial charge in [0.25, 0.3) is 0 Å². The first-order valence-electron chi connectivity index (χ1n) is 5.68. The predicted octanol–water partition coefficient (Wildman–Crippen LogP) is 0.934. The molecule has 1 aliphatic rings. The van der Waals surface area contributed by atoms with Gasteiger partial charge in [0.05, 0.1) is 12.6 Å². The molecule has 0 saturated carbocycles. The summed E-state index contributed by atoms with van der Waals surface area (Å²) in [5, 5.41) is 13.4. The van der Waals surface area contributed by atoms with Crippen LogP contribution in [0.2, 0.25) is 0 Å². The smallest absolute Gasteiger partial charge is 0.232 e. The number of hydrogen-bond donors (Lipinski definition) is 1. The van der Waals surface area contributed by atoms with Gasteiger partial charge in [-0.1, -0.05) is 25.9 Å². The largest absolute Gasteiger partial charge is 0.392 e. The molecule has 5 nitrogen and oxygen atoms in total. The summed E-state index contributed by atoms with van der Waals surface area (Å²) in [6.07, 6.45) is 0.637. The Morgan fingerprint density at radius 3 is 2.75 bits per heavy atom. The minimum Gasteiger partial charge on any atom is -0.392 e. The molecule has 1 aromatic heterocycles. The quantitative estimate of drug-likeness (QED) is 0.811. The first-order valence-corrected chi connectivity index (χ1v) is 5.68. The van der Waals surface area contributed by atoms with Gasteiger partial charge in [-0.15, -0.1) is 0 Å². The van der Waals surface area contributed by atoms with E-state index in [0.29, 0.717) is 24.8 Å². The second-order valence-electron chi connectivity index (χ2n) is 5.44. The summed E-state index contributed by atoms with van der Waals surface area (Å²) in [6, 6.07) is 0. The van der Waals surface area contributed by atoms with E-state index in [1.807, 2.05) is 20.8 Å². The molecular weight excluding hydrogens is 206 g/mol. The van der Waals surface area contributed by atoms with Gasteiger partial charge in [0.15, 0.2) is 5.82 Å². The van der Waals surface area contributed by atoms with Crippen LogP contribution < -0.4 is 0 Å². The van der Waals surface area contributed by atoms with Gasteiger partial charge in [-0.25, -0.2) is 0 Å². The van der Waals surface area contributed by atoms with Crippen LogP contribution >= 0.6 is 0 Å². The minimum atomic E-state index is -0.200. The summed E-state index contributed by atoms with van der Waals surface area (Å²) in [6.45, 7) is 8.41. The van der Waals surface area contributed by atoms with Gasteiger partial charge in [-0.2, -0.15) is 4.98 Å². The van der Waals surface area contributed by atoms with Crippen LogP contribution in [0.4, 0.5) is 0 Å². The summed E-state index contributed by atoms with van der Waals surface area (Å²) >= 11 is 0. The SMILES string of the molecule is CC(C)(C)c1nc(CN2CCC(O)C2)no1. The monoisotopic (exact) mass is 225 g/mol. The Bertz CT molecular complexity index is 356. The highest BCUT2D eigenvalue weighted by molar-refractivity contribution is 4.98. The van der Waals surface area contributed by atoms with Gasteiger partial charge in [-0.3, -0.25) is 4.90 Å². The average molecular weight is 225 g/mol. The highest BCUT2D eigenvalue weighted by Crippen LogP contribution is 2.20. The van der Waals surface area contributed by atoms with E-state index in [1.54, 1.807) is 0 Å². The predicted molar refractivity (Wildman–Crippen MR) is 58.9 cm³/mol. The van der Waals surface area contributed by atoms with Gasteiger partial charge in [0, 0.05) is 18.5 Å². The molecule has 16 heavy (non-hydrogen) atoms. The van der Waals surface area contributed by atoms with Crippen molar-refractivity contribution in [2.75, 3.05) is 13.1 Å². The van der Waals surface area contributed by atoms with Crippen LogP contribution in [-0.4, -0.2) is 39.3 Å². The zero-order chi connectivity index (χ0) is 11.8. The first kappa shape index (κ1) is 11.5. The number of likely N-dealkylation sites (tertiary alicyclic amines) is 1. The number of aliphatic hydroxyl groups excluding tert-OH is 1. The Morgan fingerprint density at radius 2 is 2.25 bits per heavy atom. The van der Waals surface area contributed by atoms with Gasteiger partial charge in [0.2, 0.25) is 5.89 Å². The van der Waals surface area contributed by atoms with E-state index in [1.165, 1.54) is 0 Å². The number of aromatic nitrogens is 2. The number of hydrogen-bond acceptors (Lipinski definition) is 5. The van der Waals surface area contributed by atoms with Crippen molar-refractivity contribution < 1.29 is 9.63 Å². The zero-order valence-corrected chi connectivity index (χ0v) is 10.1. The van der Waals surface area contributed by atoms with Crippen LogP contribution in [0.1, 0.15) is 38.9 Å². The number of aliphatic hydroxyl groups is 1. The fourth-order valence-corrected chi connectivity index (χ4v) is 1.78. The lowest BCUT2D eigenvalue weighted by Gasteiger charge is -2.12. The normalized spacial score (nSPS) is 22.9. The molecule has 0 radical (unpaired) electrons. The fraction of sp³-hybridized carbons (Fsp3) is 0.818. The number of rotatable bonds is 2. The van der Waals surface area contributed by atoms with Gasteiger partial charge >= 0.3 is 0 Å². The third-order valence-corrected chi connectivity index (χ3v) is 2.72. The highest BCUT2D eigenvalue weighted by Gasteiger charge is 2.24. The molecule has 1 N–H and O–H groups in total. The van der Waals surface area contributed by atoms with Crippen molar-refractivity contribution in [1.29, 1.82) is 0 Å². The van der Waals surface area contributed by atoms with E-state index in [4.69, 9.17) is 4.52 Å². The van der Waals surface area contributed by atoms with E-state index in [2.05, 4.69) is 15.0 Å². The molecule has 0 aromatic carbocycles. The highest BCUT2D eigenvalue weighted by atomic mass is 16.5. The van der Waals surface area contributed by atoms with Crippen LogP contribution in [0.3, 0.4) is 0 Å². The standard InChI is InChI=1S/C11H19N3O2/c1-11(2,3)10-12-9(13-16-10)7-14-5-4-8(15)6-14/h8,15H,4-7H2,1-3H3. The molecule has 1 aromatic rings. The Balaban J connectivity index is 1.98. The van der Waals surface area contributed by atoms with Crippen molar-refractivity contribution in [1.82, 2.24) is 15.0 Å². The summed E-state index contributed by atoms with van der Waals surface area (Å²) < 4.78 is 5.22. The molecule has 1 aliphatic heterocycles. The fourth-order valence-electron chi connectivity index (χ4n) is 1.78. The zero-order valence-electron chi connectivity index (χ0n) is 10.1. The number of nitrogens with zero attached hydrogens (tertiary/aromatic N) is 3. The van der Waals surface area contributed by atoms with E-state index < -0.39 is 0 Å². The van der Waals surface area contributed by atoms with Gasteiger partial charge in [0.1, 0.15) is 0 Å². The van der Waals surface area contributed by atoms with Crippen molar-refractivity contribution in [3.63, 3.8) is 0 Å². The molecule has 1 unspecified atom stereocenters. The summed E-state index contributed by atoms with van der Waals surface area (Å²) in [4.78, 5) is 6.51. The van der Waals surface area contributed by atoms with E-state index in [-0.39, 0.29) is 11.5 Å². The van der Waals surface area contributed by atoms with Crippen molar-refractivity contribution in [2.45, 2.75) is 45.3 Å². The molecule has 0 aliphatic carbocycles. The summed E-state index contributed by atoms with van der Waals surface area (Å²) in [5.41, 5.74) is -0.101. The summed E-state index contributed by atoms with van der Waals surface area (Å²) in [5.74, 6) is 1.38. The van der Waals surface area contributed by atoms with E-state index >= 15 is 0 Å². The Hall–Kier alpha value is -0.940.